The Balaban J connectivity index is 1.69. The summed E-state index contributed by atoms with van der Waals surface area (Å²) in [6.07, 6.45) is 0.123. The molecule has 1 aliphatic heterocycles. The highest BCUT2D eigenvalue weighted by atomic mass is 35.5. The van der Waals surface area contributed by atoms with Gasteiger partial charge in [0.1, 0.15) is 11.0 Å². The number of hydrogen-bond donors (Lipinski definition) is 1. The molecule has 1 N–H and O–H groups in total. The van der Waals surface area contributed by atoms with Crippen LogP contribution in [-0.2, 0) is 9.59 Å². The average molecular weight is 418 g/mol. The molecule has 0 radical (unpaired) electrons. The quantitative estimate of drug-likeness (QED) is 0.448. The first kappa shape index (κ1) is 20.2. The van der Waals surface area contributed by atoms with Gasteiger partial charge in [0.05, 0.1) is 12.3 Å². The van der Waals surface area contributed by atoms with Gasteiger partial charge < -0.3 is 10.1 Å². The molecule has 1 fully saturated rings. The maximum Gasteiger partial charge on any atom is 0.247 e. The van der Waals surface area contributed by atoms with Crippen LogP contribution in [0.15, 0.2) is 53.5 Å². The van der Waals surface area contributed by atoms with Crippen molar-refractivity contribution in [3.05, 3.63) is 53.6 Å². The highest BCUT2D eigenvalue weighted by Gasteiger charge is 2.40. The van der Waals surface area contributed by atoms with Crippen LogP contribution in [0.25, 0.3) is 0 Å². The van der Waals surface area contributed by atoms with Crippen LogP contribution in [0.1, 0.15) is 13.3 Å². The van der Waals surface area contributed by atoms with Gasteiger partial charge in [0.2, 0.25) is 11.8 Å². The molecule has 28 heavy (non-hydrogen) atoms. The predicted molar refractivity (Wildman–Crippen MR) is 115 cm³/mol. The van der Waals surface area contributed by atoms with Crippen LogP contribution in [0.4, 0.5) is 11.4 Å². The van der Waals surface area contributed by atoms with Gasteiger partial charge in [0.15, 0.2) is 5.17 Å². The zero-order valence-corrected chi connectivity index (χ0v) is 17.1. The molecule has 0 saturated carbocycles. The lowest BCUT2D eigenvalue weighted by molar-refractivity contribution is -0.121. The molecule has 2 amide bonds. The van der Waals surface area contributed by atoms with E-state index in [9.17, 15) is 9.59 Å². The molecule has 0 aromatic heterocycles. The number of amides is 2. The largest absolute Gasteiger partial charge is 0.494 e. The summed E-state index contributed by atoms with van der Waals surface area (Å²) in [5, 5.41) is 3.81. The maximum absolute atomic E-state index is 12.8. The number of anilines is 2. The van der Waals surface area contributed by atoms with Crippen LogP contribution < -0.4 is 15.0 Å². The Morgan fingerprint density at radius 2 is 1.89 bits per heavy atom. The van der Waals surface area contributed by atoms with Crippen molar-refractivity contribution in [1.29, 1.82) is 0 Å². The van der Waals surface area contributed by atoms with E-state index < -0.39 is 5.25 Å². The van der Waals surface area contributed by atoms with Crippen molar-refractivity contribution >= 4 is 51.7 Å². The Kier molecular flexibility index (Phi) is 6.59. The number of halogens is 1. The smallest absolute Gasteiger partial charge is 0.247 e. The first-order chi connectivity index (χ1) is 13.5. The van der Waals surface area contributed by atoms with Crippen molar-refractivity contribution in [2.24, 2.45) is 4.99 Å². The van der Waals surface area contributed by atoms with Crippen LogP contribution >= 0.6 is 23.4 Å². The summed E-state index contributed by atoms with van der Waals surface area (Å²) < 4.78 is 5.40. The third-order valence-corrected chi connectivity index (χ3v) is 5.48. The molecule has 1 heterocycles. The molecule has 3 rings (SSSR count). The molecule has 1 saturated heterocycles. The fraction of sp³-hybridized carbons (Fsp3) is 0.250. The third kappa shape index (κ3) is 4.66. The number of benzene rings is 2. The number of hydrogen-bond acceptors (Lipinski definition) is 5. The molecule has 1 atom stereocenters. The van der Waals surface area contributed by atoms with Crippen LogP contribution in [0.3, 0.4) is 0 Å². The Morgan fingerprint density at radius 1 is 1.21 bits per heavy atom. The van der Waals surface area contributed by atoms with Crippen LogP contribution in [-0.4, -0.2) is 35.9 Å². The first-order valence-corrected chi connectivity index (χ1v) is 10.0. The highest BCUT2D eigenvalue weighted by Crippen LogP contribution is 2.31. The molecule has 8 heteroatoms. The van der Waals surface area contributed by atoms with Gasteiger partial charge in [0, 0.05) is 24.2 Å². The summed E-state index contributed by atoms with van der Waals surface area (Å²) in [6.45, 7) is 2.45. The van der Waals surface area contributed by atoms with E-state index >= 15 is 0 Å². The van der Waals surface area contributed by atoms with Crippen molar-refractivity contribution in [2.45, 2.75) is 18.6 Å². The second-order valence-electron chi connectivity index (χ2n) is 5.97. The van der Waals surface area contributed by atoms with Gasteiger partial charge in [-0.25, -0.2) is 4.90 Å². The van der Waals surface area contributed by atoms with E-state index in [0.717, 1.165) is 5.69 Å². The lowest BCUT2D eigenvalue weighted by atomic mass is 10.3. The number of amidine groups is 1. The molecular formula is C20H20ClN3O3S. The van der Waals surface area contributed by atoms with Gasteiger partial charge in [-0.15, -0.1) is 0 Å². The van der Waals surface area contributed by atoms with Crippen molar-refractivity contribution < 1.29 is 14.3 Å². The summed E-state index contributed by atoms with van der Waals surface area (Å²) in [6, 6.07) is 14.1. The van der Waals surface area contributed by atoms with Crippen molar-refractivity contribution in [3.8, 4) is 5.75 Å². The van der Waals surface area contributed by atoms with Gasteiger partial charge in [-0.1, -0.05) is 23.4 Å². The van der Waals surface area contributed by atoms with Gasteiger partial charge in [0.25, 0.3) is 0 Å². The van der Waals surface area contributed by atoms with Crippen LogP contribution in [0.5, 0.6) is 5.75 Å². The number of carbonyl (C=O) groups excluding carboxylic acids is 2. The van der Waals surface area contributed by atoms with Gasteiger partial charge >= 0.3 is 0 Å². The Hall–Kier alpha value is -2.51. The molecule has 146 valence electrons. The molecule has 0 aliphatic carbocycles. The van der Waals surface area contributed by atoms with Crippen molar-refractivity contribution in [3.63, 3.8) is 0 Å². The number of carbonyl (C=O) groups is 2. The number of imide groups is 1. The standard InChI is InChI=1S/C20H20ClN3O3S/c1-3-27-16-10-8-15(9-11-16)24-18(25)12-17(19(24)26)28-20(22-2)23-14-6-4-13(21)5-7-14/h4-11,17H,3,12H2,1-2H3,(H,22,23). The van der Waals surface area contributed by atoms with E-state index in [-0.39, 0.29) is 18.2 Å². The van der Waals surface area contributed by atoms with Crippen molar-refractivity contribution in [1.82, 2.24) is 0 Å². The van der Waals surface area contributed by atoms with Crippen molar-refractivity contribution in [2.75, 3.05) is 23.9 Å². The zero-order valence-electron chi connectivity index (χ0n) is 15.5. The summed E-state index contributed by atoms with van der Waals surface area (Å²) >= 11 is 7.14. The maximum atomic E-state index is 12.8. The third-order valence-electron chi connectivity index (χ3n) is 4.06. The van der Waals surface area contributed by atoms with Crippen LogP contribution in [0.2, 0.25) is 5.02 Å². The minimum atomic E-state index is -0.530. The molecule has 2 aromatic carbocycles. The number of aliphatic imine (C=N–C) groups is 1. The molecule has 1 unspecified atom stereocenters. The highest BCUT2D eigenvalue weighted by molar-refractivity contribution is 8.15. The molecule has 6 nitrogen and oxygen atoms in total. The minimum absolute atomic E-state index is 0.123. The molecule has 0 bridgehead atoms. The fourth-order valence-electron chi connectivity index (χ4n) is 2.76. The fourth-order valence-corrected chi connectivity index (χ4v) is 3.86. The summed E-state index contributed by atoms with van der Waals surface area (Å²) in [4.78, 5) is 30.7. The molecule has 1 aliphatic rings. The SMILES string of the molecule is CCOc1ccc(N2C(=O)CC(SC(=NC)Nc3ccc(Cl)cc3)C2=O)cc1. The lowest BCUT2D eigenvalue weighted by Crippen LogP contribution is -2.31. The van der Waals surface area contributed by atoms with E-state index in [4.69, 9.17) is 16.3 Å². The monoisotopic (exact) mass is 417 g/mol. The molecular weight excluding hydrogens is 398 g/mol. The second kappa shape index (κ2) is 9.12. The normalized spacial score (nSPS) is 17.2. The summed E-state index contributed by atoms with van der Waals surface area (Å²) in [5.41, 5.74) is 1.35. The minimum Gasteiger partial charge on any atom is -0.494 e. The summed E-state index contributed by atoms with van der Waals surface area (Å²) in [7, 11) is 1.64. The summed E-state index contributed by atoms with van der Waals surface area (Å²) in [5.74, 6) is 0.218. The number of nitrogens with one attached hydrogen (secondary N) is 1. The van der Waals surface area contributed by atoms with Gasteiger partial charge in [-0.3, -0.25) is 14.6 Å². The van der Waals surface area contributed by atoms with Crippen LogP contribution in [0, 0.1) is 0 Å². The lowest BCUT2D eigenvalue weighted by Gasteiger charge is -2.16. The number of nitrogens with zero attached hydrogens (tertiary/aromatic N) is 2. The second-order valence-corrected chi connectivity index (χ2v) is 7.59. The average Bonchev–Trinajstić information content (AvgIpc) is 2.97. The van der Waals surface area contributed by atoms with E-state index in [1.54, 1.807) is 43.4 Å². The number of ether oxygens (including phenoxy) is 1. The van der Waals surface area contributed by atoms with E-state index in [1.807, 2.05) is 19.1 Å². The number of thioether (sulfide) groups is 1. The Bertz CT molecular complexity index is 885. The Morgan fingerprint density at radius 3 is 2.50 bits per heavy atom. The predicted octanol–water partition coefficient (Wildman–Crippen LogP) is 4.20. The zero-order chi connectivity index (χ0) is 20.1. The van der Waals surface area contributed by atoms with Gasteiger partial charge in [-0.05, 0) is 55.5 Å². The molecule has 2 aromatic rings. The van der Waals surface area contributed by atoms with E-state index in [2.05, 4.69) is 10.3 Å². The van der Waals surface area contributed by atoms with E-state index in [0.29, 0.717) is 28.2 Å². The van der Waals surface area contributed by atoms with E-state index in [1.165, 1.54) is 16.7 Å². The number of rotatable bonds is 5. The topological polar surface area (TPSA) is 71.0 Å². The Labute approximate surface area is 172 Å². The first-order valence-electron chi connectivity index (χ1n) is 8.77. The molecule has 0 spiro atoms. The van der Waals surface area contributed by atoms with Gasteiger partial charge in [-0.2, -0.15) is 0 Å².